The van der Waals surface area contributed by atoms with E-state index in [1.54, 1.807) is 0 Å². The fourth-order valence-electron chi connectivity index (χ4n) is 4.41. The quantitative estimate of drug-likeness (QED) is 0.327. The molecule has 0 aliphatic carbocycles. The summed E-state index contributed by atoms with van der Waals surface area (Å²) in [6.07, 6.45) is -1.21. The second-order valence-corrected chi connectivity index (χ2v) is 10.4. The number of aliphatic hydroxyl groups is 2. The van der Waals surface area contributed by atoms with Crippen molar-refractivity contribution >= 4 is 23.5 Å². The van der Waals surface area contributed by atoms with Crippen LogP contribution < -0.4 is 4.90 Å². The van der Waals surface area contributed by atoms with Gasteiger partial charge in [0, 0.05) is 25.0 Å². The van der Waals surface area contributed by atoms with E-state index in [1.807, 2.05) is 0 Å². The molecule has 0 aromatic heterocycles. The molecule has 0 bridgehead atoms. The highest BCUT2D eigenvalue weighted by atomic mass is 19.2. The monoisotopic (exact) mass is 520 g/mol. The SMILES string of the molecule is CC(C)(C)N(C(=O)c1cc(F)c(N(CCO)CCO)c(F)c1F)[C@@](CCC(=O)O)(C(=O)O)C(C)(C)C. The van der Waals surface area contributed by atoms with Crippen LogP contribution in [0.5, 0.6) is 0 Å². The number of amides is 1. The van der Waals surface area contributed by atoms with Gasteiger partial charge in [0.25, 0.3) is 5.91 Å². The summed E-state index contributed by atoms with van der Waals surface area (Å²) in [7, 11) is 0. The molecule has 1 rings (SSSR count). The number of aliphatic hydroxyl groups excluding tert-OH is 2. The molecule has 12 heteroatoms. The number of carbonyl (C=O) groups is 3. The van der Waals surface area contributed by atoms with Gasteiger partial charge in [-0.25, -0.2) is 18.0 Å². The van der Waals surface area contributed by atoms with Crippen LogP contribution in [-0.4, -0.2) is 80.6 Å². The molecule has 0 aliphatic rings. The van der Waals surface area contributed by atoms with Crippen molar-refractivity contribution in [1.29, 1.82) is 0 Å². The number of hydrogen-bond donors (Lipinski definition) is 4. The molecular formula is C24H35F3N2O7. The summed E-state index contributed by atoms with van der Waals surface area (Å²) in [5, 5.41) is 37.9. The predicted octanol–water partition coefficient (Wildman–Crippen LogP) is 2.87. The second kappa shape index (κ2) is 11.5. The Hall–Kier alpha value is -2.86. The van der Waals surface area contributed by atoms with Gasteiger partial charge in [-0.3, -0.25) is 9.59 Å². The second-order valence-electron chi connectivity index (χ2n) is 10.4. The zero-order valence-corrected chi connectivity index (χ0v) is 21.4. The van der Waals surface area contributed by atoms with Crippen molar-refractivity contribution in [2.75, 3.05) is 31.2 Å². The third-order valence-electron chi connectivity index (χ3n) is 5.97. The summed E-state index contributed by atoms with van der Waals surface area (Å²) >= 11 is 0. The van der Waals surface area contributed by atoms with E-state index in [1.165, 1.54) is 41.5 Å². The number of nitrogens with zero attached hydrogens (tertiary/aromatic N) is 2. The molecule has 1 atom stereocenters. The van der Waals surface area contributed by atoms with Crippen LogP contribution >= 0.6 is 0 Å². The molecule has 0 aliphatic heterocycles. The number of carbonyl (C=O) groups excluding carboxylic acids is 1. The van der Waals surface area contributed by atoms with Crippen molar-refractivity contribution in [3.05, 3.63) is 29.1 Å². The highest BCUT2D eigenvalue weighted by Crippen LogP contribution is 2.45. The van der Waals surface area contributed by atoms with Crippen LogP contribution in [-0.2, 0) is 9.59 Å². The Morgan fingerprint density at radius 2 is 1.39 bits per heavy atom. The van der Waals surface area contributed by atoms with Crippen molar-refractivity contribution in [2.45, 2.75) is 65.5 Å². The van der Waals surface area contributed by atoms with Crippen LogP contribution in [0.4, 0.5) is 18.9 Å². The Morgan fingerprint density at radius 1 is 0.889 bits per heavy atom. The van der Waals surface area contributed by atoms with Gasteiger partial charge in [0.2, 0.25) is 0 Å². The van der Waals surface area contributed by atoms with E-state index >= 15 is 13.2 Å². The van der Waals surface area contributed by atoms with Gasteiger partial charge in [-0.05, 0) is 38.7 Å². The minimum Gasteiger partial charge on any atom is -0.481 e. The van der Waals surface area contributed by atoms with Crippen LogP contribution in [0.15, 0.2) is 6.07 Å². The average molecular weight is 521 g/mol. The smallest absolute Gasteiger partial charge is 0.330 e. The number of anilines is 1. The van der Waals surface area contributed by atoms with E-state index in [4.69, 9.17) is 10.2 Å². The molecule has 0 heterocycles. The average Bonchev–Trinajstić information content (AvgIpc) is 2.71. The van der Waals surface area contributed by atoms with Crippen LogP contribution in [0, 0.1) is 22.9 Å². The lowest BCUT2D eigenvalue weighted by molar-refractivity contribution is -0.164. The molecule has 1 aromatic carbocycles. The van der Waals surface area contributed by atoms with Crippen LogP contribution in [0.2, 0.25) is 0 Å². The molecule has 204 valence electrons. The number of aliphatic carboxylic acids is 2. The largest absolute Gasteiger partial charge is 0.481 e. The molecule has 0 unspecified atom stereocenters. The van der Waals surface area contributed by atoms with Gasteiger partial charge < -0.3 is 30.2 Å². The van der Waals surface area contributed by atoms with Gasteiger partial charge in [0.05, 0.1) is 18.8 Å². The van der Waals surface area contributed by atoms with Gasteiger partial charge in [0.1, 0.15) is 11.2 Å². The summed E-state index contributed by atoms with van der Waals surface area (Å²) in [6, 6.07) is 0.434. The molecule has 9 nitrogen and oxygen atoms in total. The first-order valence-corrected chi connectivity index (χ1v) is 11.3. The lowest BCUT2D eigenvalue weighted by atomic mass is 9.67. The van der Waals surface area contributed by atoms with Crippen molar-refractivity contribution < 1.29 is 48.0 Å². The van der Waals surface area contributed by atoms with Crippen molar-refractivity contribution in [1.82, 2.24) is 4.90 Å². The molecule has 36 heavy (non-hydrogen) atoms. The van der Waals surface area contributed by atoms with Crippen LogP contribution in [0.3, 0.4) is 0 Å². The van der Waals surface area contributed by atoms with Gasteiger partial charge in [0.15, 0.2) is 17.5 Å². The molecule has 0 saturated carbocycles. The molecule has 0 spiro atoms. The number of carboxylic acid groups (broad SMARTS) is 2. The van der Waals surface area contributed by atoms with E-state index < -0.39 is 89.1 Å². The van der Waals surface area contributed by atoms with Gasteiger partial charge in [-0.2, -0.15) is 0 Å². The maximum atomic E-state index is 15.3. The molecule has 1 amide bonds. The Balaban J connectivity index is 3.93. The van der Waals surface area contributed by atoms with Crippen molar-refractivity contribution in [2.24, 2.45) is 5.41 Å². The highest BCUT2D eigenvalue weighted by molar-refractivity contribution is 5.99. The molecule has 0 fully saturated rings. The Labute approximate surface area is 208 Å². The fourth-order valence-corrected chi connectivity index (χ4v) is 4.41. The van der Waals surface area contributed by atoms with Crippen molar-refractivity contribution in [3.63, 3.8) is 0 Å². The van der Waals surface area contributed by atoms with E-state index in [0.717, 1.165) is 9.80 Å². The third-order valence-corrected chi connectivity index (χ3v) is 5.97. The summed E-state index contributed by atoms with van der Waals surface area (Å²) < 4.78 is 45.5. The minimum absolute atomic E-state index is 0.337. The summed E-state index contributed by atoms with van der Waals surface area (Å²) in [5.41, 5.74) is -6.86. The Morgan fingerprint density at radius 3 is 1.75 bits per heavy atom. The van der Waals surface area contributed by atoms with Gasteiger partial charge >= 0.3 is 11.9 Å². The first-order valence-electron chi connectivity index (χ1n) is 11.3. The highest BCUT2D eigenvalue weighted by Gasteiger charge is 2.58. The van der Waals surface area contributed by atoms with Crippen molar-refractivity contribution in [3.8, 4) is 0 Å². The number of halogens is 3. The molecule has 1 aromatic rings. The summed E-state index contributed by atoms with van der Waals surface area (Å²) in [5.74, 6) is -9.10. The summed E-state index contributed by atoms with van der Waals surface area (Å²) in [6.45, 7) is 6.94. The first-order chi connectivity index (χ1) is 16.4. The third kappa shape index (κ3) is 6.09. The molecule has 4 N–H and O–H groups in total. The fraction of sp³-hybridized carbons (Fsp3) is 0.625. The number of carboxylic acids is 2. The summed E-state index contributed by atoms with van der Waals surface area (Å²) in [4.78, 5) is 39.5. The Bertz CT molecular complexity index is 983. The number of hydrogen-bond acceptors (Lipinski definition) is 6. The standard InChI is InChI=1S/C24H35F3N2O7/c1-22(2,3)24(21(35)36,8-7-16(32)33)29(23(4,5)6)20(34)14-13-15(25)19(18(27)17(14)26)28(9-11-30)10-12-31/h13,30-31H,7-12H2,1-6H3,(H,32,33)(H,35,36)/t24-/m0/s1. The first kappa shape index (κ1) is 31.2. The molecule has 0 radical (unpaired) electrons. The minimum atomic E-state index is -2.21. The normalized spacial score (nSPS) is 13.8. The van der Waals surface area contributed by atoms with E-state index in [9.17, 15) is 24.6 Å². The maximum absolute atomic E-state index is 15.3. The lowest BCUT2D eigenvalue weighted by Gasteiger charge is -2.54. The van der Waals surface area contributed by atoms with Crippen LogP contribution in [0.1, 0.15) is 64.7 Å². The zero-order valence-electron chi connectivity index (χ0n) is 21.4. The Kier molecular flexibility index (Phi) is 9.93. The van der Waals surface area contributed by atoms with E-state index in [-0.39, 0.29) is 13.1 Å². The predicted molar refractivity (Wildman–Crippen MR) is 125 cm³/mol. The van der Waals surface area contributed by atoms with E-state index in [2.05, 4.69) is 0 Å². The molecular weight excluding hydrogens is 485 g/mol. The van der Waals surface area contributed by atoms with Gasteiger partial charge in [-0.15, -0.1) is 0 Å². The van der Waals surface area contributed by atoms with E-state index in [0.29, 0.717) is 6.07 Å². The topological polar surface area (TPSA) is 139 Å². The van der Waals surface area contributed by atoms with Crippen LogP contribution in [0.25, 0.3) is 0 Å². The number of benzene rings is 1. The number of rotatable bonds is 11. The zero-order chi connectivity index (χ0) is 28.2. The van der Waals surface area contributed by atoms with Gasteiger partial charge in [-0.1, -0.05) is 20.8 Å². The molecule has 0 saturated heterocycles. The lowest BCUT2D eigenvalue weighted by Crippen LogP contribution is -2.69. The maximum Gasteiger partial charge on any atom is 0.330 e.